The minimum Gasteiger partial charge on any atom is -0.350 e. The number of nitrogens with one attached hydrogen (secondary N) is 2. The number of hydrogen-bond acceptors (Lipinski definition) is 2. The second kappa shape index (κ2) is 5.61. The molecule has 0 fully saturated rings. The highest BCUT2D eigenvalue weighted by atomic mass is 35.5. The SMILES string of the molecule is Cn1c(C(=O)NCCc2cnc[nH]2)cc2cc(Cl)ccc21. The van der Waals surface area contributed by atoms with Gasteiger partial charge in [0.25, 0.3) is 5.91 Å². The van der Waals surface area contributed by atoms with Crippen LogP contribution >= 0.6 is 11.6 Å². The van der Waals surface area contributed by atoms with Crippen molar-refractivity contribution in [2.24, 2.45) is 7.05 Å². The van der Waals surface area contributed by atoms with Crippen molar-refractivity contribution in [3.63, 3.8) is 0 Å². The monoisotopic (exact) mass is 302 g/mol. The molecule has 1 aromatic carbocycles. The van der Waals surface area contributed by atoms with Gasteiger partial charge in [-0.1, -0.05) is 11.6 Å². The number of carbonyl (C=O) groups excluding carboxylic acids is 1. The van der Waals surface area contributed by atoms with Crippen molar-refractivity contribution >= 4 is 28.4 Å². The minimum absolute atomic E-state index is 0.0932. The van der Waals surface area contributed by atoms with Crippen LogP contribution in [0.15, 0.2) is 36.8 Å². The molecule has 2 heterocycles. The lowest BCUT2D eigenvalue weighted by Gasteiger charge is -2.05. The van der Waals surface area contributed by atoms with Gasteiger partial charge in [0.1, 0.15) is 5.69 Å². The molecule has 0 saturated carbocycles. The van der Waals surface area contributed by atoms with Crippen LogP contribution in [0.4, 0.5) is 0 Å². The van der Waals surface area contributed by atoms with Gasteiger partial charge in [0.05, 0.1) is 6.33 Å². The molecule has 5 nitrogen and oxygen atoms in total. The Labute approximate surface area is 126 Å². The van der Waals surface area contributed by atoms with Gasteiger partial charge in [-0.3, -0.25) is 4.79 Å². The topological polar surface area (TPSA) is 62.7 Å². The summed E-state index contributed by atoms with van der Waals surface area (Å²) in [6, 6.07) is 7.45. The number of aromatic nitrogens is 3. The average molecular weight is 303 g/mol. The van der Waals surface area contributed by atoms with Crippen LogP contribution in [0.5, 0.6) is 0 Å². The summed E-state index contributed by atoms with van der Waals surface area (Å²) in [5, 5.41) is 4.54. The van der Waals surface area contributed by atoms with Crippen molar-refractivity contribution in [3.8, 4) is 0 Å². The average Bonchev–Trinajstić information content (AvgIpc) is 3.07. The number of benzene rings is 1. The molecule has 1 amide bonds. The molecule has 21 heavy (non-hydrogen) atoms. The van der Waals surface area contributed by atoms with Gasteiger partial charge in [0.2, 0.25) is 0 Å². The number of nitrogens with zero attached hydrogens (tertiary/aromatic N) is 2. The number of fused-ring (bicyclic) bond motifs is 1. The van der Waals surface area contributed by atoms with Crippen LogP contribution in [0.3, 0.4) is 0 Å². The molecule has 0 unspecified atom stereocenters. The second-order valence-electron chi connectivity index (χ2n) is 4.87. The number of amides is 1. The van der Waals surface area contributed by atoms with Crippen molar-refractivity contribution in [3.05, 3.63) is 53.2 Å². The number of H-pyrrole nitrogens is 1. The van der Waals surface area contributed by atoms with Crippen LogP contribution in [0.25, 0.3) is 10.9 Å². The lowest BCUT2D eigenvalue weighted by molar-refractivity contribution is 0.0946. The third-order valence-corrected chi connectivity index (χ3v) is 3.71. The van der Waals surface area contributed by atoms with Crippen LogP contribution < -0.4 is 5.32 Å². The number of aryl methyl sites for hydroxylation is 1. The maximum atomic E-state index is 12.3. The van der Waals surface area contributed by atoms with Crippen molar-refractivity contribution in [2.45, 2.75) is 6.42 Å². The van der Waals surface area contributed by atoms with Gasteiger partial charge >= 0.3 is 0 Å². The molecule has 0 aliphatic rings. The molecule has 3 rings (SSSR count). The summed E-state index contributed by atoms with van der Waals surface area (Å²) < 4.78 is 1.87. The molecule has 0 bridgehead atoms. The highest BCUT2D eigenvalue weighted by Crippen LogP contribution is 2.22. The lowest BCUT2D eigenvalue weighted by atomic mass is 10.2. The predicted octanol–water partition coefficient (Wildman–Crippen LogP) is 2.53. The van der Waals surface area contributed by atoms with Crippen molar-refractivity contribution in [1.29, 1.82) is 0 Å². The Hall–Kier alpha value is -2.27. The fourth-order valence-electron chi connectivity index (χ4n) is 2.36. The summed E-state index contributed by atoms with van der Waals surface area (Å²) in [6.07, 6.45) is 4.11. The van der Waals surface area contributed by atoms with Gasteiger partial charge < -0.3 is 14.9 Å². The first-order valence-electron chi connectivity index (χ1n) is 6.65. The van der Waals surface area contributed by atoms with Crippen molar-refractivity contribution in [2.75, 3.05) is 6.54 Å². The Morgan fingerprint density at radius 1 is 1.43 bits per heavy atom. The van der Waals surface area contributed by atoms with E-state index in [-0.39, 0.29) is 5.91 Å². The predicted molar refractivity (Wildman–Crippen MR) is 82.6 cm³/mol. The quantitative estimate of drug-likeness (QED) is 0.778. The number of rotatable bonds is 4. The highest BCUT2D eigenvalue weighted by molar-refractivity contribution is 6.31. The largest absolute Gasteiger partial charge is 0.350 e. The summed E-state index contributed by atoms with van der Waals surface area (Å²) >= 11 is 5.98. The van der Waals surface area contributed by atoms with Crippen LogP contribution in [-0.4, -0.2) is 27.0 Å². The van der Waals surface area contributed by atoms with Crippen LogP contribution in [-0.2, 0) is 13.5 Å². The minimum atomic E-state index is -0.0932. The van der Waals surface area contributed by atoms with Crippen LogP contribution in [0, 0.1) is 0 Å². The van der Waals surface area contributed by atoms with Gasteiger partial charge in [0, 0.05) is 47.8 Å². The zero-order chi connectivity index (χ0) is 14.8. The number of imidazole rings is 1. The molecule has 0 aliphatic heterocycles. The Balaban J connectivity index is 1.73. The molecule has 2 aromatic heterocycles. The summed E-state index contributed by atoms with van der Waals surface area (Å²) in [4.78, 5) is 19.2. The Bertz CT molecular complexity index is 776. The molecule has 0 saturated heterocycles. The van der Waals surface area contributed by atoms with E-state index in [1.54, 1.807) is 12.5 Å². The van der Waals surface area contributed by atoms with Crippen molar-refractivity contribution in [1.82, 2.24) is 19.9 Å². The van der Waals surface area contributed by atoms with Gasteiger partial charge in [-0.25, -0.2) is 4.98 Å². The summed E-state index contributed by atoms with van der Waals surface area (Å²) in [5.74, 6) is -0.0932. The van der Waals surface area contributed by atoms with E-state index in [9.17, 15) is 4.79 Å². The fourth-order valence-corrected chi connectivity index (χ4v) is 2.54. The van der Waals surface area contributed by atoms with E-state index in [0.29, 0.717) is 17.3 Å². The molecule has 0 aliphatic carbocycles. The zero-order valence-corrected chi connectivity index (χ0v) is 12.3. The molecule has 6 heteroatoms. The van der Waals surface area contributed by atoms with Crippen LogP contribution in [0.2, 0.25) is 5.02 Å². The molecule has 0 atom stereocenters. The zero-order valence-electron chi connectivity index (χ0n) is 11.6. The maximum absolute atomic E-state index is 12.3. The van der Waals surface area contributed by atoms with E-state index in [4.69, 9.17) is 11.6 Å². The summed E-state index contributed by atoms with van der Waals surface area (Å²) in [7, 11) is 1.88. The van der Waals surface area contributed by atoms with E-state index in [0.717, 1.165) is 23.0 Å². The first kappa shape index (κ1) is 13.7. The number of hydrogen-bond donors (Lipinski definition) is 2. The molecule has 0 spiro atoms. The van der Waals surface area contributed by atoms with Gasteiger partial charge in [-0.15, -0.1) is 0 Å². The lowest BCUT2D eigenvalue weighted by Crippen LogP contribution is -2.27. The molecule has 108 valence electrons. The number of halogens is 1. The van der Waals surface area contributed by atoms with E-state index in [1.807, 2.05) is 35.9 Å². The third kappa shape index (κ3) is 2.78. The van der Waals surface area contributed by atoms with E-state index in [1.165, 1.54) is 0 Å². The van der Waals surface area contributed by atoms with Gasteiger partial charge in [0.15, 0.2) is 0 Å². The number of aromatic amines is 1. The number of carbonyl (C=O) groups is 1. The summed E-state index contributed by atoms with van der Waals surface area (Å²) in [5.41, 5.74) is 2.61. The molecule has 3 aromatic rings. The van der Waals surface area contributed by atoms with E-state index < -0.39 is 0 Å². The highest BCUT2D eigenvalue weighted by Gasteiger charge is 2.13. The van der Waals surface area contributed by atoms with E-state index >= 15 is 0 Å². The molecule has 2 N–H and O–H groups in total. The normalized spacial score (nSPS) is 11.0. The smallest absolute Gasteiger partial charge is 0.267 e. The third-order valence-electron chi connectivity index (χ3n) is 3.47. The maximum Gasteiger partial charge on any atom is 0.267 e. The Morgan fingerprint density at radius 2 is 2.29 bits per heavy atom. The summed E-state index contributed by atoms with van der Waals surface area (Å²) in [6.45, 7) is 0.559. The van der Waals surface area contributed by atoms with Crippen LogP contribution in [0.1, 0.15) is 16.2 Å². The van der Waals surface area contributed by atoms with Gasteiger partial charge in [-0.2, -0.15) is 0 Å². The van der Waals surface area contributed by atoms with Crippen molar-refractivity contribution < 1.29 is 4.79 Å². The Kier molecular flexibility index (Phi) is 3.66. The standard InChI is InChI=1S/C15H15ClN4O/c1-20-13-3-2-11(16)6-10(13)7-14(20)15(21)18-5-4-12-8-17-9-19-12/h2-3,6-9H,4-5H2,1H3,(H,17,19)(H,18,21). The molecule has 0 radical (unpaired) electrons. The second-order valence-corrected chi connectivity index (χ2v) is 5.31. The van der Waals surface area contributed by atoms with E-state index in [2.05, 4.69) is 15.3 Å². The van der Waals surface area contributed by atoms with Gasteiger partial charge in [-0.05, 0) is 24.3 Å². The first-order chi connectivity index (χ1) is 10.1. The molecular formula is C15H15ClN4O. The Morgan fingerprint density at radius 3 is 3.05 bits per heavy atom. The fraction of sp³-hybridized carbons (Fsp3) is 0.200. The molecular weight excluding hydrogens is 288 g/mol. The first-order valence-corrected chi connectivity index (χ1v) is 7.03.